The molecule has 1 atom stereocenters. The summed E-state index contributed by atoms with van der Waals surface area (Å²) in [7, 11) is 0. The summed E-state index contributed by atoms with van der Waals surface area (Å²) in [5, 5.41) is 11.5. The number of ketones is 1. The second-order valence-corrected chi connectivity index (χ2v) is 10.5. The van der Waals surface area contributed by atoms with Crippen LogP contribution in [0.25, 0.3) is 5.76 Å². The molecule has 0 aromatic heterocycles. The molecule has 2 aliphatic heterocycles. The van der Waals surface area contributed by atoms with Crippen LogP contribution in [0.3, 0.4) is 0 Å². The number of aliphatic hydroxyl groups is 1. The van der Waals surface area contributed by atoms with Gasteiger partial charge in [-0.25, -0.2) is 0 Å². The summed E-state index contributed by atoms with van der Waals surface area (Å²) in [4.78, 5) is 28.5. The highest BCUT2D eigenvalue weighted by atomic mass is 16.5. The molecule has 5 heteroatoms. The van der Waals surface area contributed by atoms with Crippen molar-refractivity contribution in [3.8, 4) is 5.75 Å². The third-order valence-corrected chi connectivity index (χ3v) is 7.38. The summed E-state index contributed by atoms with van der Waals surface area (Å²) in [6, 6.07) is 20.4. The topological polar surface area (TPSA) is 66.8 Å². The molecule has 0 aliphatic carbocycles. The number of benzene rings is 3. The third kappa shape index (κ3) is 4.55. The average Bonchev–Trinajstić information content (AvgIpc) is 3.18. The molecule has 5 rings (SSSR count). The number of hydrogen-bond acceptors (Lipinski definition) is 4. The van der Waals surface area contributed by atoms with Crippen LogP contribution in [0.15, 0.2) is 72.3 Å². The van der Waals surface area contributed by atoms with Crippen molar-refractivity contribution in [1.29, 1.82) is 0 Å². The van der Waals surface area contributed by atoms with Gasteiger partial charge in [-0.3, -0.25) is 14.5 Å². The van der Waals surface area contributed by atoms with Gasteiger partial charge in [-0.15, -0.1) is 0 Å². The first kappa shape index (κ1) is 24.8. The Kier molecular flexibility index (Phi) is 6.63. The zero-order valence-corrected chi connectivity index (χ0v) is 21.8. The molecule has 5 nitrogen and oxygen atoms in total. The van der Waals surface area contributed by atoms with Gasteiger partial charge >= 0.3 is 0 Å². The molecule has 0 spiro atoms. The first-order chi connectivity index (χ1) is 17.8. The third-order valence-electron chi connectivity index (χ3n) is 7.38. The van der Waals surface area contributed by atoms with Crippen LogP contribution >= 0.6 is 0 Å². The van der Waals surface area contributed by atoms with Crippen LogP contribution in [0.5, 0.6) is 5.75 Å². The Hall–Kier alpha value is -3.86. The molecule has 0 radical (unpaired) electrons. The van der Waals surface area contributed by atoms with Gasteiger partial charge in [-0.2, -0.15) is 0 Å². The number of carbonyl (C=O) groups is 2. The second kappa shape index (κ2) is 9.89. The van der Waals surface area contributed by atoms with E-state index in [2.05, 4.69) is 27.7 Å². The van der Waals surface area contributed by atoms with E-state index in [-0.39, 0.29) is 11.3 Å². The van der Waals surface area contributed by atoms with Crippen molar-refractivity contribution in [2.75, 3.05) is 11.5 Å². The van der Waals surface area contributed by atoms with Crippen LogP contribution < -0.4 is 9.64 Å². The van der Waals surface area contributed by atoms with E-state index in [4.69, 9.17) is 4.74 Å². The van der Waals surface area contributed by atoms with Crippen LogP contribution in [-0.4, -0.2) is 23.4 Å². The van der Waals surface area contributed by atoms with Crippen molar-refractivity contribution in [2.24, 2.45) is 0 Å². The maximum atomic E-state index is 13.5. The van der Waals surface area contributed by atoms with Crippen molar-refractivity contribution in [3.05, 3.63) is 100 Å². The zero-order valence-electron chi connectivity index (χ0n) is 21.8. The van der Waals surface area contributed by atoms with Gasteiger partial charge in [0, 0.05) is 11.3 Å². The monoisotopic (exact) mass is 495 g/mol. The number of fused-ring (bicyclic) bond motifs is 1. The Morgan fingerprint density at radius 1 is 0.892 bits per heavy atom. The van der Waals surface area contributed by atoms with Crippen LogP contribution in [0.4, 0.5) is 5.69 Å². The van der Waals surface area contributed by atoms with Gasteiger partial charge in [0.1, 0.15) is 11.5 Å². The number of amides is 1. The molecule has 3 aromatic rings. The first-order valence-corrected chi connectivity index (χ1v) is 13.0. The van der Waals surface area contributed by atoms with Crippen LogP contribution in [0, 0.1) is 0 Å². The van der Waals surface area contributed by atoms with Crippen molar-refractivity contribution in [1.82, 2.24) is 0 Å². The number of hydrogen-bond donors (Lipinski definition) is 1. The van der Waals surface area contributed by atoms with Crippen molar-refractivity contribution < 1.29 is 19.4 Å². The summed E-state index contributed by atoms with van der Waals surface area (Å²) in [5.41, 5.74) is 5.33. The number of aliphatic hydroxyl groups excluding tert-OH is 1. The number of nitrogens with zero attached hydrogens (tertiary/aromatic N) is 1. The summed E-state index contributed by atoms with van der Waals surface area (Å²) < 4.78 is 5.72. The molecule has 3 aromatic carbocycles. The summed E-state index contributed by atoms with van der Waals surface area (Å²) in [5.74, 6) is 0.00854. The SMILES string of the molecule is CC(C)c1ccc(C2/C(=C(/O)c3ccc4c(c3)CCCO4)C(=O)C(=O)N2c2ccc(C(C)C)cc2)cc1. The van der Waals surface area contributed by atoms with E-state index in [9.17, 15) is 14.7 Å². The van der Waals surface area contributed by atoms with E-state index in [1.165, 1.54) is 4.90 Å². The lowest BCUT2D eigenvalue weighted by Gasteiger charge is -2.26. The minimum Gasteiger partial charge on any atom is -0.507 e. The molecule has 1 fully saturated rings. The predicted molar refractivity (Wildman–Crippen MR) is 146 cm³/mol. The van der Waals surface area contributed by atoms with Gasteiger partial charge in [0.25, 0.3) is 11.7 Å². The maximum Gasteiger partial charge on any atom is 0.300 e. The minimum absolute atomic E-state index is 0.104. The van der Waals surface area contributed by atoms with E-state index >= 15 is 0 Å². The lowest BCUT2D eigenvalue weighted by atomic mass is 9.92. The number of ether oxygens (including phenoxy) is 1. The van der Waals surface area contributed by atoms with E-state index in [0.29, 0.717) is 29.7 Å². The lowest BCUT2D eigenvalue weighted by Crippen LogP contribution is -2.29. The normalized spacial score (nSPS) is 18.9. The van der Waals surface area contributed by atoms with Crippen LogP contribution in [-0.2, 0) is 16.0 Å². The van der Waals surface area contributed by atoms with Crippen LogP contribution in [0.2, 0.25) is 0 Å². The molecule has 0 saturated carbocycles. The Labute approximate surface area is 218 Å². The van der Waals surface area contributed by atoms with Gasteiger partial charge in [-0.1, -0.05) is 64.1 Å². The quantitative estimate of drug-likeness (QED) is 0.238. The van der Waals surface area contributed by atoms with E-state index in [1.54, 1.807) is 6.07 Å². The highest BCUT2D eigenvalue weighted by Gasteiger charge is 2.47. The zero-order chi connectivity index (χ0) is 26.3. The molecule has 1 unspecified atom stereocenters. The highest BCUT2D eigenvalue weighted by molar-refractivity contribution is 6.51. The number of Topliss-reactive ketones (excluding diaryl/α,β-unsaturated/α-hetero) is 1. The van der Waals surface area contributed by atoms with Gasteiger partial charge < -0.3 is 9.84 Å². The Balaban J connectivity index is 1.66. The maximum absolute atomic E-state index is 13.5. The molecule has 2 aliphatic rings. The summed E-state index contributed by atoms with van der Waals surface area (Å²) in [6.07, 6.45) is 1.74. The highest BCUT2D eigenvalue weighted by Crippen LogP contribution is 2.43. The molecule has 1 N–H and O–H groups in total. The molecular weight excluding hydrogens is 462 g/mol. The number of rotatable bonds is 5. The van der Waals surface area contributed by atoms with Gasteiger partial charge in [0.15, 0.2) is 0 Å². The van der Waals surface area contributed by atoms with Crippen LogP contribution in [0.1, 0.15) is 79.8 Å². The molecular formula is C32H33NO4. The fourth-order valence-corrected chi connectivity index (χ4v) is 5.16. The van der Waals surface area contributed by atoms with Crippen molar-refractivity contribution >= 4 is 23.1 Å². The molecule has 2 heterocycles. The smallest absolute Gasteiger partial charge is 0.300 e. The van der Waals surface area contributed by atoms with Crippen molar-refractivity contribution in [2.45, 2.75) is 58.4 Å². The summed E-state index contributed by atoms with van der Waals surface area (Å²) in [6.45, 7) is 9.14. The molecule has 1 saturated heterocycles. The number of aryl methyl sites for hydroxylation is 1. The number of carbonyl (C=O) groups excluding carboxylic acids is 2. The standard InChI is InChI=1S/C32H33NO4/c1-19(2)21-7-9-23(10-8-21)29-28(30(34)25-13-16-27-24(18-25)6-5-17-37-27)31(35)32(36)33(29)26-14-11-22(12-15-26)20(3)4/h7-16,18-20,29,34H,5-6,17H2,1-4H3/b30-28-. The molecule has 0 bridgehead atoms. The van der Waals surface area contributed by atoms with E-state index in [0.717, 1.165) is 40.8 Å². The summed E-state index contributed by atoms with van der Waals surface area (Å²) >= 11 is 0. The largest absolute Gasteiger partial charge is 0.507 e. The molecule has 190 valence electrons. The fraction of sp³-hybridized carbons (Fsp3) is 0.312. The molecule has 1 amide bonds. The fourth-order valence-electron chi connectivity index (χ4n) is 5.16. The number of anilines is 1. The molecule has 37 heavy (non-hydrogen) atoms. The Morgan fingerprint density at radius 3 is 2.14 bits per heavy atom. The Morgan fingerprint density at radius 2 is 1.51 bits per heavy atom. The van der Waals surface area contributed by atoms with E-state index in [1.807, 2.05) is 60.7 Å². The van der Waals surface area contributed by atoms with Gasteiger partial charge in [0.05, 0.1) is 18.2 Å². The van der Waals surface area contributed by atoms with E-state index < -0.39 is 17.7 Å². The predicted octanol–water partition coefficient (Wildman–Crippen LogP) is 6.88. The van der Waals surface area contributed by atoms with Gasteiger partial charge in [-0.05, 0) is 77.3 Å². The Bertz CT molecular complexity index is 1370. The second-order valence-electron chi connectivity index (χ2n) is 10.5. The minimum atomic E-state index is -0.738. The first-order valence-electron chi connectivity index (χ1n) is 13.0. The lowest BCUT2D eigenvalue weighted by molar-refractivity contribution is -0.132. The van der Waals surface area contributed by atoms with Crippen molar-refractivity contribution in [3.63, 3.8) is 0 Å². The van der Waals surface area contributed by atoms with Gasteiger partial charge in [0.2, 0.25) is 0 Å². The average molecular weight is 496 g/mol.